The lowest BCUT2D eigenvalue weighted by atomic mass is 10.1. The quantitative estimate of drug-likeness (QED) is 0.686. The standard InChI is InChI=1S/C12H17N5O2/c1-16-9-2-3-10(15-19)14-11(9)17(12(16)18)8-4-6-13-7-5-8/h2-3,8,13,19H,4-7H2,1H3,(H,14,15). The summed E-state index contributed by atoms with van der Waals surface area (Å²) >= 11 is 0. The monoisotopic (exact) mass is 263 g/mol. The molecule has 1 aliphatic heterocycles. The fourth-order valence-corrected chi connectivity index (χ4v) is 2.69. The van der Waals surface area contributed by atoms with Crippen molar-refractivity contribution in [1.29, 1.82) is 0 Å². The Morgan fingerprint density at radius 3 is 2.84 bits per heavy atom. The molecule has 0 amide bonds. The third kappa shape index (κ3) is 1.91. The van der Waals surface area contributed by atoms with Crippen LogP contribution in [-0.2, 0) is 7.05 Å². The summed E-state index contributed by atoms with van der Waals surface area (Å²) in [6.45, 7) is 1.82. The summed E-state index contributed by atoms with van der Waals surface area (Å²) in [5.41, 5.74) is 3.38. The van der Waals surface area contributed by atoms with E-state index in [0.29, 0.717) is 11.5 Å². The minimum Gasteiger partial charge on any atom is -0.317 e. The average molecular weight is 263 g/mol. The van der Waals surface area contributed by atoms with Crippen molar-refractivity contribution in [3.8, 4) is 0 Å². The average Bonchev–Trinajstić information content (AvgIpc) is 2.71. The Kier molecular flexibility index (Phi) is 3.00. The summed E-state index contributed by atoms with van der Waals surface area (Å²) in [5.74, 6) is 0.348. The molecular formula is C12H17N5O2. The van der Waals surface area contributed by atoms with Crippen LogP contribution in [0.5, 0.6) is 0 Å². The molecule has 0 spiro atoms. The molecule has 7 nitrogen and oxygen atoms in total. The van der Waals surface area contributed by atoms with Crippen LogP contribution < -0.4 is 16.5 Å². The number of imidazole rings is 1. The highest BCUT2D eigenvalue weighted by Gasteiger charge is 2.22. The van der Waals surface area contributed by atoms with Crippen LogP contribution in [0.15, 0.2) is 16.9 Å². The van der Waals surface area contributed by atoms with E-state index in [-0.39, 0.29) is 11.7 Å². The van der Waals surface area contributed by atoms with Crippen molar-refractivity contribution in [2.75, 3.05) is 18.6 Å². The van der Waals surface area contributed by atoms with Gasteiger partial charge in [0, 0.05) is 13.1 Å². The van der Waals surface area contributed by atoms with E-state index in [4.69, 9.17) is 5.21 Å². The van der Waals surface area contributed by atoms with Crippen molar-refractivity contribution < 1.29 is 5.21 Å². The van der Waals surface area contributed by atoms with Crippen molar-refractivity contribution in [2.45, 2.75) is 18.9 Å². The van der Waals surface area contributed by atoms with Gasteiger partial charge in [0.05, 0.1) is 5.52 Å². The SMILES string of the molecule is Cn1c(=O)n(C2CCNCC2)c2nc(NO)ccc21. The zero-order chi connectivity index (χ0) is 13.4. The van der Waals surface area contributed by atoms with Gasteiger partial charge in [0.25, 0.3) is 0 Å². The van der Waals surface area contributed by atoms with Crippen LogP contribution in [-0.4, -0.2) is 32.4 Å². The van der Waals surface area contributed by atoms with Crippen LogP contribution in [0.25, 0.3) is 11.2 Å². The normalized spacial score (nSPS) is 16.9. The van der Waals surface area contributed by atoms with Gasteiger partial charge in [-0.3, -0.25) is 19.8 Å². The molecule has 3 rings (SSSR count). The Morgan fingerprint density at radius 1 is 1.42 bits per heavy atom. The van der Waals surface area contributed by atoms with Gasteiger partial charge in [-0.2, -0.15) is 0 Å². The van der Waals surface area contributed by atoms with Gasteiger partial charge in [-0.25, -0.2) is 9.78 Å². The number of rotatable bonds is 2. The highest BCUT2D eigenvalue weighted by atomic mass is 16.5. The van der Waals surface area contributed by atoms with Gasteiger partial charge in [-0.15, -0.1) is 0 Å². The van der Waals surface area contributed by atoms with Crippen LogP contribution in [0, 0.1) is 0 Å². The number of hydrogen-bond acceptors (Lipinski definition) is 5. The Bertz CT molecular complexity index is 654. The predicted molar refractivity (Wildman–Crippen MR) is 71.5 cm³/mol. The first-order valence-electron chi connectivity index (χ1n) is 6.41. The second-order valence-electron chi connectivity index (χ2n) is 4.84. The maximum atomic E-state index is 12.4. The second-order valence-corrected chi connectivity index (χ2v) is 4.84. The molecule has 2 aromatic heterocycles. The van der Waals surface area contributed by atoms with E-state index in [1.54, 1.807) is 28.3 Å². The van der Waals surface area contributed by atoms with Crippen LogP contribution in [0.3, 0.4) is 0 Å². The first-order chi connectivity index (χ1) is 9.22. The van der Waals surface area contributed by atoms with Gasteiger partial charge in [0.1, 0.15) is 0 Å². The number of nitrogens with zero attached hydrogens (tertiary/aromatic N) is 3. The van der Waals surface area contributed by atoms with Crippen molar-refractivity contribution in [3.05, 3.63) is 22.6 Å². The lowest BCUT2D eigenvalue weighted by Gasteiger charge is -2.23. The molecule has 0 saturated carbocycles. The molecule has 3 N–H and O–H groups in total. The van der Waals surface area contributed by atoms with Gasteiger partial charge in [0.15, 0.2) is 11.5 Å². The lowest BCUT2D eigenvalue weighted by Crippen LogP contribution is -2.34. The molecule has 0 radical (unpaired) electrons. The highest BCUT2D eigenvalue weighted by molar-refractivity contribution is 5.74. The molecule has 3 heterocycles. The summed E-state index contributed by atoms with van der Waals surface area (Å²) in [6, 6.07) is 3.60. The Balaban J connectivity index is 2.21. The fourth-order valence-electron chi connectivity index (χ4n) is 2.69. The molecule has 0 unspecified atom stereocenters. The molecule has 7 heteroatoms. The third-order valence-electron chi connectivity index (χ3n) is 3.73. The molecule has 1 fully saturated rings. The zero-order valence-electron chi connectivity index (χ0n) is 10.8. The van der Waals surface area contributed by atoms with Crippen molar-refractivity contribution >= 4 is 17.0 Å². The predicted octanol–water partition coefficient (Wildman–Crippen LogP) is 0.461. The van der Waals surface area contributed by atoms with Gasteiger partial charge < -0.3 is 5.32 Å². The summed E-state index contributed by atoms with van der Waals surface area (Å²) in [7, 11) is 1.75. The number of aryl methyl sites for hydroxylation is 1. The maximum absolute atomic E-state index is 12.4. The van der Waals surface area contributed by atoms with E-state index < -0.39 is 0 Å². The summed E-state index contributed by atoms with van der Waals surface area (Å²) in [4.78, 5) is 16.7. The van der Waals surface area contributed by atoms with Crippen LogP contribution >= 0.6 is 0 Å². The van der Waals surface area contributed by atoms with E-state index in [0.717, 1.165) is 31.4 Å². The van der Waals surface area contributed by atoms with E-state index in [9.17, 15) is 4.79 Å². The maximum Gasteiger partial charge on any atom is 0.330 e. The van der Waals surface area contributed by atoms with Gasteiger partial charge in [0.2, 0.25) is 0 Å². The molecular weight excluding hydrogens is 246 g/mol. The minimum absolute atomic E-state index is 0.0514. The lowest BCUT2D eigenvalue weighted by molar-refractivity contribution is 0.364. The molecule has 0 aliphatic carbocycles. The van der Waals surface area contributed by atoms with E-state index >= 15 is 0 Å². The number of nitrogens with one attached hydrogen (secondary N) is 2. The van der Waals surface area contributed by atoms with E-state index in [1.165, 1.54) is 0 Å². The topological polar surface area (TPSA) is 84.1 Å². The molecule has 0 atom stereocenters. The fraction of sp³-hybridized carbons (Fsp3) is 0.500. The number of fused-ring (bicyclic) bond motifs is 1. The number of aromatic nitrogens is 3. The molecule has 1 aliphatic rings. The van der Waals surface area contributed by atoms with E-state index in [1.807, 2.05) is 5.48 Å². The molecule has 2 aromatic rings. The van der Waals surface area contributed by atoms with Crippen molar-refractivity contribution in [1.82, 2.24) is 19.4 Å². The number of pyridine rings is 1. The second kappa shape index (κ2) is 4.67. The molecule has 0 aromatic carbocycles. The first-order valence-corrected chi connectivity index (χ1v) is 6.41. The molecule has 0 bridgehead atoms. The van der Waals surface area contributed by atoms with Crippen LogP contribution in [0.2, 0.25) is 0 Å². The minimum atomic E-state index is -0.0514. The highest BCUT2D eigenvalue weighted by Crippen LogP contribution is 2.22. The van der Waals surface area contributed by atoms with E-state index in [2.05, 4.69) is 10.3 Å². The smallest absolute Gasteiger partial charge is 0.317 e. The molecule has 1 saturated heterocycles. The van der Waals surface area contributed by atoms with Gasteiger partial charge >= 0.3 is 5.69 Å². The summed E-state index contributed by atoms with van der Waals surface area (Å²) in [5, 5.41) is 12.2. The van der Waals surface area contributed by atoms with Crippen LogP contribution in [0.4, 0.5) is 5.82 Å². The van der Waals surface area contributed by atoms with Gasteiger partial charge in [-0.1, -0.05) is 0 Å². The Labute approximate surface area is 109 Å². The van der Waals surface area contributed by atoms with Gasteiger partial charge in [-0.05, 0) is 38.1 Å². The number of hydrogen-bond donors (Lipinski definition) is 3. The first kappa shape index (κ1) is 12.2. The summed E-state index contributed by atoms with van der Waals surface area (Å²) in [6.07, 6.45) is 1.83. The summed E-state index contributed by atoms with van der Waals surface area (Å²) < 4.78 is 3.35. The van der Waals surface area contributed by atoms with Crippen molar-refractivity contribution in [3.63, 3.8) is 0 Å². The largest absolute Gasteiger partial charge is 0.330 e. The number of anilines is 1. The zero-order valence-corrected chi connectivity index (χ0v) is 10.8. The van der Waals surface area contributed by atoms with Crippen LogP contribution in [0.1, 0.15) is 18.9 Å². The molecule has 19 heavy (non-hydrogen) atoms. The van der Waals surface area contributed by atoms with Crippen molar-refractivity contribution in [2.24, 2.45) is 7.05 Å². The number of piperidine rings is 1. The Morgan fingerprint density at radius 2 is 2.16 bits per heavy atom. The Hall–Kier alpha value is -1.86. The molecule has 102 valence electrons. The third-order valence-corrected chi connectivity index (χ3v) is 3.73.